The van der Waals surface area contributed by atoms with Crippen LogP contribution in [0.3, 0.4) is 0 Å². The smallest absolute Gasteiger partial charge is 0.266 e. The molecule has 45 heavy (non-hydrogen) atoms. The van der Waals surface area contributed by atoms with Gasteiger partial charge in [-0.2, -0.15) is 0 Å². The fourth-order valence-electron chi connectivity index (χ4n) is 6.95. The van der Waals surface area contributed by atoms with Gasteiger partial charge in [0.15, 0.2) is 0 Å². The predicted molar refractivity (Wildman–Crippen MR) is 182 cm³/mol. The molecule has 8 rings (SSSR count). The second-order valence-electron chi connectivity index (χ2n) is 12.1. The molecule has 0 saturated carbocycles. The van der Waals surface area contributed by atoms with Crippen molar-refractivity contribution in [2.75, 3.05) is 9.80 Å². The normalized spacial score (nSPS) is 14.6. The van der Waals surface area contributed by atoms with Gasteiger partial charge in [0.25, 0.3) is 11.8 Å². The minimum absolute atomic E-state index is 0.184. The lowest BCUT2D eigenvalue weighted by molar-refractivity contribution is 0.0926. The van der Waals surface area contributed by atoms with E-state index in [1.807, 2.05) is 97.1 Å². The standard InChI is InChI=1S/C41H30N2O2/c1-41(2)35-20-9-11-22-37(35)42(38-23-12-10-21-36(38)41)29-18-13-19-30(24-29)43-39(44)33-25-31(27-14-5-3-6-15-27)32(26-34(33)40(43)45)28-16-7-4-8-17-28/h3-26H,1-2H3. The van der Waals surface area contributed by atoms with Crippen molar-refractivity contribution in [3.05, 3.63) is 168 Å². The lowest BCUT2D eigenvalue weighted by Crippen LogP contribution is -2.31. The molecule has 6 aromatic carbocycles. The summed E-state index contributed by atoms with van der Waals surface area (Å²) in [6.07, 6.45) is 0. The summed E-state index contributed by atoms with van der Waals surface area (Å²) in [7, 11) is 0. The average Bonchev–Trinajstić information content (AvgIpc) is 3.33. The van der Waals surface area contributed by atoms with Crippen LogP contribution in [0.15, 0.2) is 146 Å². The second-order valence-corrected chi connectivity index (χ2v) is 12.1. The molecule has 2 aliphatic heterocycles. The lowest BCUT2D eigenvalue weighted by Gasteiger charge is -2.42. The van der Waals surface area contributed by atoms with Crippen molar-refractivity contribution in [2.24, 2.45) is 0 Å². The summed E-state index contributed by atoms with van der Waals surface area (Å²) in [5.74, 6) is -0.631. The zero-order chi connectivity index (χ0) is 30.7. The summed E-state index contributed by atoms with van der Waals surface area (Å²) in [6.45, 7) is 4.51. The number of rotatable bonds is 4. The molecule has 0 spiro atoms. The number of benzene rings is 6. The van der Waals surface area contributed by atoms with E-state index in [1.54, 1.807) is 0 Å². The van der Waals surface area contributed by atoms with E-state index >= 15 is 0 Å². The van der Waals surface area contributed by atoms with Gasteiger partial charge >= 0.3 is 0 Å². The van der Waals surface area contributed by atoms with Crippen molar-refractivity contribution in [3.63, 3.8) is 0 Å². The number of imide groups is 1. The molecule has 0 N–H and O–H groups in total. The SMILES string of the molecule is CC1(C)c2ccccc2N(c2cccc(N3C(=O)c4cc(-c5ccccc5)c(-c5ccccc5)cc4C3=O)c2)c2ccccc21. The number of carbonyl (C=O) groups excluding carboxylic acids is 2. The van der Waals surface area contributed by atoms with Crippen molar-refractivity contribution in [1.29, 1.82) is 0 Å². The minimum Gasteiger partial charge on any atom is -0.310 e. The van der Waals surface area contributed by atoms with Gasteiger partial charge in [-0.3, -0.25) is 9.59 Å². The molecule has 0 bridgehead atoms. The molecule has 216 valence electrons. The van der Waals surface area contributed by atoms with Crippen LogP contribution in [0.4, 0.5) is 22.7 Å². The fourth-order valence-corrected chi connectivity index (χ4v) is 6.95. The topological polar surface area (TPSA) is 40.6 Å². The highest BCUT2D eigenvalue weighted by atomic mass is 16.2. The Morgan fingerprint density at radius 1 is 0.422 bits per heavy atom. The van der Waals surface area contributed by atoms with Gasteiger partial charge in [0.1, 0.15) is 0 Å². The van der Waals surface area contributed by atoms with Crippen LogP contribution in [-0.4, -0.2) is 11.8 Å². The van der Waals surface area contributed by atoms with Gasteiger partial charge in [-0.1, -0.05) is 117 Å². The zero-order valence-corrected chi connectivity index (χ0v) is 25.1. The van der Waals surface area contributed by atoms with Gasteiger partial charge < -0.3 is 4.90 Å². The van der Waals surface area contributed by atoms with Crippen molar-refractivity contribution >= 4 is 34.6 Å². The highest BCUT2D eigenvalue weighted by Gasteiger charge is 2.39. The first-order chi connectivity index (χ1) is 21.9. The Morgan fingerprint density at radius 2 is 0.844 bits per heavy atom. The number of hydrogen-bond acceptors (Lipinski definition) is 3. The van der Waals surface area contributed by atoms with Gasteiger partial charge in [0, 0.05) is 11.1 Å². The van der Waals surface area contributed by atoms with E-state index in [0.29, 0.717) is 16.8 Å². The third kappa shape index (κ3) is 4.14. The van der Waals surface area contributed by atoms with Crippen molar-refractivity contribution < 1.29 is 9.59 Å². The first-order valence-corrected chi connectivity index (χ1v) is 15.2. The van der Waals surface area contributed by atoms with Crippen LogP contribution in [0.1, 0.15) is 45.7 Å². The molecule has 0 fully saturated rings. The number of para-hydroxylation sites is 2. The number of nitrogens with zero attached hydrogens (tertiary/aromatic N) is 2. The third-order valence-corrected chi connectivity index (χ3v) is 9.18. The summed E-state index contributed by atoms with van der Waals surface area (Å²) >= 11 is 0. The van der Waals surface area contributed by atoms with Crippen LogP contribution >= 0.6 is 0 Å². The molecule has 2 aliphatic rings. The van der Waals surface area contributed by atoms with E-state index in [9.17, 15) is 9.59 Å². The molecule has 0 aliphatic carbocycles. The molecular formula is C41H30N2O2. The molecule has 0 aromatic heterocycles. The van der Waals surface area contributed by atoms with E-state index < -0.39 is 0 Å². The van der Waals surface area contributed by atoms with Crippen molar-refractivity contribution in [1.82, 2.24) is 0 Å². The van der Waals surface area contributed by atoms with E-state index in [-0.39, 0.29) is 17.2 Å². The van der Waals surface area contributed by atoms with Gasteiger partial charge in [0.05, 0.1) is 28.2 Å². The maximum absolute atomic E-state index is 14.1. The molecule has 4 heteroatoms. The van der Waals surface area contributed by atoms with Crippen LogP contribution in [-0.2, 0) is 5.41 Å². The quantitative estimate of drug-likeness (QED) is 0.194. The zero-order valence-electron chi connectivity index (χ0n) is 25.1. The number of fused-ring (bicyclic) bond motifs is 3. The second kappa shape index (κ2) is 10.2. The van der Waals surface area contributed by atoms with E-state index in [2.05, 4.69) is 67.3 Å². The monoisotopic (exact) mass is 582 g/mol. The summed E-state index contributed by atoms with van der Waals surface area (Å²) in [4.78, 5) is 31.8. The number of anilines is 4. The van der Waals surface area contributed by atoms with Crippen LogP contribution in [0.2, 0.25) is 0 Å². The van der Waals surface area contributed by atoms with Crippen LogP contribution in [0.5, 0.6) is 0 Å². The molecular weight excluding hydrogens is 552 g/mol. The number of hydrogen-bond donors (Lipinski definition) is 0. The van der Waals surface area contributed by atoms with E-state index in [0.717, 1.165) is 39.3 Å². The Hall–Kier alpha value is -5.74. The molecule has 6 aromatic rings. The van der Waals surface area contributed by atoms with Gasteiger partial charge in [-0.05, 0) is 75.8 Å². The highest BCUT2D eigenvalue weighted by molar-refractivity contribution is 6.35. The lowest BCUT2D eigenvalue weighted by atomic mass is 9.73. The molecule has 0 saturated heterocycles. The Morgan fingerprint density at radius 3 is 1.33 bits per heavy atom. The highest BCUT2D eigenvalue weighted by Crippen LogP contribution is 2.52. The van der Waals surface area contributed by atoms with E-state index in [1.165, 1.54) is 16.0 Å². The maximum atomic E-state index is 14.1. The van der Waals surface area contributed by atoms with Crippen LogP contribution < -0.4 is 9.80 Å². The predicted octanol–water partition coefficient (Wildman–Crippen LogP) is 9.93. The molecule has 4 nitrogen and oxygen atoms in total. The Balaban J connectivity index is 1.25. The Labute approximate surface area is 262 Å². The molecule has 0 unspecified atom stereocenters. The summed E-state index contributed by atoms with van der Waals surface area (Å²) in [5, 5.41) is 0. The minimum atomic E-state index is -0.315. The number of amides is 2. The first-order valence-electron chi connectivity index (χ1n) is 15.2. The first kappa shape index (κ1) is 26.9. The molecule has 0 radical (unpaired) electrons. The Bertz CT molecular complexity index is 2010. The largest absolute Gasteiger partial charge is 0.310 e. The molecule has 0 atom stereocenters. The Kier molecular flexibility index (Phi) is 6.07. The van der Waals surface area contributed by atoms with Crippen molar-refractivity contribution in [3.8, 4) is 22.3 Å². The maximum Gasteiger partial charge on any atom is 0.266 e. The van der Waals surface area contributed by atoms with Crippen LogP contribution in [0, 0.1) is 0 Å². The summed E-state index contributed by atoms with van der Waals surface area (Å²) in [6, 6.07) is 48.4. The molecule has 2 amide bonds. The summed E-state index contributed by atoms with van der Waals surface area (Å²) in [5.41, 5.74) is 10.5. The van der Waals surface area contributed by atoms with Gasteiger partial charge in [0.2, 0.25) is 0 Å². The van der Waals surface area contributed by atoms with Gasteiger partial charge in [-0.15, -0.1) is 0 Å². The van der Waals surface area contributed by atoms with Crippen LogP contribution in [0.25, 0.3) is 22.3 Å². The molecule has 2 heterocycles. The van der Waals surface area contributed by atoms with E-state index in [4.69, 9.17) is 0 Å². The van der Waals surface area contributed by atoms with Gasteiger partial charge in [-0.25, -0.2) is 4.90 Å². The number of carbonyl (C=O) groups is 2. The fraction of sp³-hybridized carbons (Fsp3) is 0.0732. The average molecular weight is 583 g/mol. The third-order valence-electron chi connectivity index (χ3n) is 9.18. The summed E-state index contributed by atoms with van der Waals surface area (Å²) < 4.78 is 0. The van der Waals surface area contributed by atoms with Crippen molar-refractivity contribution in [2.45, 2.75) is 19.3 Å².